The Morgan fingerprint density at radius 3 is 2.55 bits per heavy atom. The van der Waals surface area contributed by atoms with E-state index >= 15 is 0 Å². The van der Waals surface area contributed by atoms with E-state index in [0.717, 1.165) is 16.5 Å². The van der Waals surface area contributed by atoms with Crippen molar-refractivity contribution in [1.29, 1.82) is 0 Å². The van der Waals surface area contributed by atoms with Crippen LogP contribution in [0.15, 0.2) is 48.7 Å². The summed E-state index contributed by atoms with van der Waals surface area (Å²) < 4.78 is 0. The summed E-state index contributed by atoms with van der Waals surface area (Å²) in [6.45, 7) is 0.411. The Morgan fingerprint density at radius 1 is 1.05 bits per heavy atom. The fraction of sp³-hybridized carbons (Fsp3) is 0.118. The fourth-order valence-corrected chi connectivity index (χ4v) is 2.50. The highest BCUT2D eigenvalue weighted by atomic mass is 16.3. The maximum Gasteiger partial charge on any atom is 0.258 e. The zero-order valence-corrected chi connectivity index (χ0v) is 11.8. The molecule has 1 amide bonds. The first kappa shape index (κ1) is 14.0. The molecule has 0 radical (unpaired) electrons. The molecule has 22 heavy (non-hydrogen) atoms. The molecule has 0 bridgehead atoms. The number of para-hydroxylation sites is 1. The molecule has 3 aromatic rings. The van der Waals surface area contributed by atoms with Gasteiger partial charge in [0.15, 0.2) is 0 Å². The van der Waals surface area contributed by atoms with Gasteiger partial charge >= 0.3 is 0 Å². The van der Waals surface area contributed by atoms with Crippen molar-refractivity contribution in [3.05, 3.63) is 59.8 Å². The maximum absolute atomic E-state index is 12.0. The smallest absolute Gasteiger partial charge is 0.258 e. The van der Waals surface area contributed by atoms with E-state index in [1.165, 1.54) is 18.2 Å². The molecular weight excluding hydrogens is 280 g/mol. The van der Waals surface area contributed by atoms with Gasteiger partial charge in [-0.2, -0.15) is 0 Å². The number of aromatic amines is 1. The monoisotopic (exact) mass is 296 g/mol. The lowest BCUT2D eigenvalue weighted by molar-refractivity contribution is 0.0948. The molecule has 0 saturated heterocycles. The molecule has 0 unspecified atom stereocenters. The molecule has 5 nitrogen and oxygen atoms in total. The second-order valence-corrected chi connectivity index (χ2v) is 5.04. The Labute approximate surface area is 127 Å². The van der Waals surface area contributed by atoms with E-state index in [2.05, 4.69) is 10.3 Å². The molecule has 0 fully saturated rings. The highest BCUT2D eigenvalue weighted by Gasteiger charge is 2.15. The van der Waals surface area contributed by atoms with Crippen LogP contribution in [0.4, 0.5) is 0 Å². The Bertz CT molecular complexity index is 803. The third kappa shape index (κ3) is 2.61. The summed E-state index contributed by atoms with van der Waals surface area (Å²) in [5, 5.41) is 23.2. The van der Waals surface area contributed by atoms with Crippen LogP contribution >= 0.6 is 0 Å². The number of aromatic hydroxyl groups is 2. The van der Waals surface area contributed by atoms with Gasteiger partial charge in [0, 0.05) is 23.6 Å². The summed E-state index contributed by atoms with van der Waals surface area (Å²) >= 11 is 0. The maximum atomic E-state index is 12.0. The van der Waals surface area contributed by atoms with Gasteiger partial charge in [0.25, 0.3) is 5.91 Å². The van der Waals surface area contributed by atoms with E-state index in [4.69, 9.17) is 0 Å². The first-order valence-corrected chi connectivity index (χ1v) is 7.01. The van der Waals surface area contributed by atoms with E-state index < -0.39 is 5.91 Å². The van der Waals surface area contributed by atoms with Crippen LogP contribution in [0.5, 0.6) is 11.5 Å². The molecule has 0 aliphatic heterocycles. The average Bonchev–Trinajstić information content (AvgIpc) is 2.91. The molecule has 4 N–H and O–H groups in total. The topological polar surface area (TPSA) is 85.4 Å². The van der Waals surface area contributed by atoms with Crippen molar-refractivity contribution in [3.63, 3.8) is 0 Å². The first-order chi connectivity index (χ1) is 10.7. The van der Waals surface area contributed by atoms with E-state index in [-0.39, 0.29) is 17.1 Å². The normalized spacial score (nSPS) is 10.7. The number of fused-ring (bicyclic) bond motifs is 1. The summed E-state index contributed by atoms with van der Waals surface area (Å²) in [5.41, 5.74) is 2.07. The molecule has 0 aliphatic carbocycles. The molecule has 5 heteroatoms. The van der Waals surface area contributed by atoms with Gasteiger partial charge in [-0.15, -0.1) is 0 Å². The number of H-pyrrole nitrogens is 1. The van der Waals surface area contributed by atoms with Crippen molar-refractivity contribution in [1.82, 2.24) is 10.3 Å². The number of carbonyl (C=O) groups is 1. The predicted molar refractivity (Wildman–Crippen MR) is 84.1 cm³/mol. The van der Waals surface area contributed by atoms with Crippen LogP contribution in [0, 0.1) is 0 Å². The number of amides is 1. The van der Waals surface area contributed by atoms with Gasteiger partial charge in [-0.1, -0.05) is 24.3 Å². The summed E-state index contributed by atoms with van der Waals surface area (Å²) in [6.07, 6.45) is 2.58. The SMILES string of the molecule is O=C(NCCc1c[nH]c2ccccc12)c1c(O)cccc1O. The molecule has 2 aromatic carbocycles. The van der Waals surface area contributed by atoms with Crippen LogP contribution in [0.1, 0.15) is 15.9 Å². The minimum Gasteiger partial charge on any atom is -0.507 e. The van der Waals surface area contributed by atoms with E-state index in [0.29, 0.717) is 13.0 Å². The molecule has 112 valence electrons. The number of hydrogen-bond donors (Lipinski definition) is 4. The minimum atomic E-state index is -0.490. The van der Waals surface area contributed by atoms with Crippen LogP contribution in [0.3, 0.4) is 0 Å². The third-order valence-corrected chi connectivity index (χ3v) is 3.60. The van der Waals surface area contributed by atoms with Gasteiger partial charge in [-0.25, -0.2) is 0 Å². The fourth-order valence-electron chi connectivity index (χ4n) is 2.50. The highest BCUT2D eigenvalue weighted by Crippen LogP contribution is 2.25. The second kappa shape index (κ2) is 5.81. The van der Waals surface area contributed by atoms with Crippen LogP contribution in [0.25, 0.3) is 10.9 Å². The van der Waals surface area contributed by atoms with Crippen molar-refractivity contribution in [2.24, 2.45) is 0 Å². The van der Waals surface area contributed by atoms with Gasteiger partial charge in [-0.3, -0.25) is 4.79 Å². The summed E-state index contributed by atoms with van der Waals surface area (Å²) in [4.78, 5) is 15.2. The first-order valence-electron chi connectivity index (χ1n) is 7.01. The summed E-state index contributed by atoms with van der Waals surface area (Å²) in [6, 6.07) is 12.2. The van der Waals surface area contributed by atoms with Crippen molar-refractivity contribution in [2.45, 2.75) is 6.42 Å². The largest absolute Gasteiger partial charge is 0.507 e. The number of benzene rings is 2. The molecule has 0 atom stereocenters. The van der Waals surface area contributed by atoms with Crippen molar-refractivity contribution in [2.75, 3.05) is 6.54 Å². The summed E-state index contributed by atoms with van der Waals surface area (Å²) in [5.74, 6) is -0.954. The zero-order valence-electron chi connectivity index (χ0n) is 11.8. The van der Waals surface area contributed by atoms with Crippen molar-refractivity contribution >= 4 is 16.8 Å². The van der Waals surface area contributed by atoms with Crippen LogP contribution in [0.2, 0.25) is 0 Å². The summed E-state index contributed by atoms with van der Waals surface area (Å²) in [7, 11) is 0. The molecular formula is C17H16N2O3. The number of phenolic OH excluding ortho intramolecular Hbond substituents is 2. The predicted octanol–water partition coefficient (Wildman–Crippen LogP) is 2.55. The quantitative estimate of drug-likeness (QED) is 0.597. The number of phenols is 2. The van der Waals surface area contributed by atoms with Crippen LogP contribution in [-0.4, -0.2) is 27.6 Å². The second-order valence-electron chi connectivity index (χ2n) is 5.04. The van der Waals surface area contributed by atoms with Crippen molar-refractivity contribution < 1.29 is 15.0 Å². The van der Waals surface area contributed by atoms with E-state index in [9.17, 15) is 15.0 Å². The lowest BCUT2D eigenvalue weighted by atomic mass is 10.1. The van der Waals surface area contributed by atoms with Gasteiger partial charge in [0.2, 0.25) is 0 Å². The van der Waals surface area contributed by atoms with E-state index in [1.54, 1.807) is 0 Å². The molecule has 3 rings (SSSR count). The van der Waals surface area contributed by atoms with Crippen LogP contribution in [-0.2, 0) is 6.42 Å². The molecule has 1 aromatic heterocycles. The molecule has 0 spiro atoms. The Morgan fingerprint density at radius 2 is 1.77 bits per heavy atom. The standard InChI is InChI=1S/C17H16N2O3/c20-14-6-3-7-15(21)16(14)17(22)18-9-8-11-10-19-13-5-2-1-4-12(11)13/h1-7,10,19-21H,8-9H2,(H,18,22). The Kier molecular flexibility index (Phi) is 3.70. The number of carbonyl (C=O) groups excluding carboxylic acids is 1. The molecule has 1 heterocycles. The lowest BCUT2D eigenvalue weighted by Crippen LogP contribution is -2.25. The van der Waals surface area contributed by atoms with Gasteiger partial charge in [-0.05, 0) is 30.2 Å². The minimum absolute atomic E-state index is 0.0959. The van der Waals surface area contributed by atoms with Gasteiger partial charge < -0.3 is 20.5 Å². The average molecular weight is 296 g/mol. The zero-order chi connectivity index (χ0) is 15.5. The highest BCUT2D eigenvalue weighted by molar-refractivity contribution is 5.99. The number of nitrogens with one attached hydrogen (secondary N) is 2. The van der Waals surface area contributed by atoms with Crippen molar-refractivity contribution in [3.8, 4) is 11.5 Å². The Hall–Kier alpha value is -2.95. The number of aromatic nitrogens is 1. The molecule has 0 aliphatic rings. The number of hydrogen-bond acceptors (Lipinski definition) is 3. The van der Waals surface area contributed by atoms with Crippen LogP contribution < -0.4 is 5.32 Å². The molecule has 0 saturated carbocycles. The lowest BCUT2D eigenvalue weighted by Gasteiger charge is -2.08. The van der Waals surface area contributed by atoms with Gasteiger partial charge in [0.1, 0.15) is 17.1 Å². The Balaban J connectivity index is 1.67. The third-order valence-electron chi connectivity index (χ3n) is 3.60. The number of rotatable bonds is 4. The van der Waals surface area contributed by atoms with Gasteiger partial charge in [0.05, 0.1) is 0 Å². The van der Waals surface area contributed by atoms with E-state index in [1.807, 2.05) is 30.5 Å².